The van der Waals surface area contributed by atoms with Crippen molar-refractivity contribution < 1.29 is 9.90 Å². The smallest absolute Gasteiger partial charge is 0.270 e. The maximum absolute atomic E-state index is 11.9. The minimum Gasteiger partial charge on any atom is -0.392 e. The number of halogens is 2. The van der Waals surface area contributed by atoms with Crippen molar-refractivity contribution in [3.63, 3.8) is 0 Å². The number of hydrogen-bond acceptors (Lipinski definition) is 4. The van der Waals surface area contributed by atoms with Crippen LogP contribution in [-0.4, -0.2) is 33.6 Å². The molecule has 1 amide bonds. The van der Waals surface area contributed by atoms with Crippen molar-refractivity contribution in [1.82, 2.24) is 15.3 Å². The molecule has 0 aliphatic rings. The van der Waals surface area contributed by atoms with Gasteiger partial charge in [0.25, 0.3) is 5.91 Å². The number of benzene rings is 1. The average molecular weight is 326 g/mol. The van der Waals surface area contributed by atoms with Gasteiger partial charge >= 0.3 is 0 Å². The summed E-state index contributed by atoms with van der Waals surface area (Å²) in [6.07, 6.45) is 0.681. The number of amides is 1. The molecule has 2 aromatic rings. The second-order valence-corrected chi connectivity index (χ2v) is 5.29. The van der Waals surface area contributed by atoms with Crippen LogP contribution in [0.4, 0.5) is 0 Å². The summed E-state index contributed by atoms with van der Waals surface area (Å²) in [6, 6.07) is 6.64. The molecule has 0 fully saturated rings. The summed E-state index contributed by atoms with van der Waals surface area (Å²) in [5.41, 5.74) is 1.51. The van der Waals surface area contributed by atoms with Crippen molar-refractivity contribution in [3.05, 3.63) is 46.3 Å². The van der Waals surface area contributed by atoms with Gasteiger partial charge in [0.05, 0.1) is 21.8 Å². The Morgan fingerprint density at radius 1 is 1.29 bits per heavy atom. The van der Waals surface area contributed by atoms with Crippen molar-refractivity contribution in [2.24, 2.45) is 0 Å². The van der Waals surface area contributed by atoms with E-state index in [1.54, 1.807) is 31.2 Å². The fourth-order valence-corrected chi connectivity index (χ4v) is 1.92. The van der Waals surface area contributed by atoms with E-state index in [1.807, 2.05) is 0 Å². The number of carbonyl (C=O) groups is 1. The number of nitrogens with one attached hydrogen (secondary N) is 1. The molecule has 1 aromatic carbocycles. The van der Waals surface area contributed by atoms with Crippen molar-refractivity contribution in [2.75, 3.05) is 6.54 Å². The maximum Gasteiger partial charge on any atom is 0.270 e. The summed E-state index contributed by atoms with van der Waals surface area (Å²) in [4.78, 5) is 19.9. The Bertz CT molecular complexity index is 662. The van der Waals surface area contributed by atoms with Gasteiger partial charge in [0, 0.05) is 12.1 Å². The molecule has 1 aromatic heterocycles. The van der Waals surface area contributed by atoms with Crippen molar-refractivity contribution in [2.45, 2.75) is 13.0 Å². The van der Waals surface area contributed by atoms with E-state index in [1.165, 1.54) is 6.33 Å². The lowest BCUT2D eigenvalue weighted by Gasteiger charge is -2.07. The Morgan fingerprint density at radius 2 is 2.05 bits per heavy atom. The molecular formula is C14H13Cl2N3O2. The Kier molecular flexibility index (Phi) is 5.12. The molecule has 0 bridgehead atoms. The zero-order valence-electron chi connectivity index (χ0n) is 11.2. The molecule has 1 heterocycles. The standard InChI is InChI=1S/C14H13Cl2N3O2/c1-8(20)6-17-14(21)13-5-12(18-7-19-13)9-2-3-10(15)11(16)4-9/h2-5,7-8,20H,6H2,1H3,(H,17,21)/t8-/m1/s1. The van der Waals surface area contributed by atoms with Crippen LogP contribution in [-0.2, 0) is 0 Å². The predicted octanol–water partition coefficient (Wildman–Crippen LogP) is 2.56. The van der Waals surface area contributed by atoms with Crippen molar-refractivity contribution in [3.8, 4) is 11.3 Å². The largest absolute Gasteiger partial charge is 0.392 e. The number of aliphatic hydroxyl groups is 1. The van der Waals surface area contributed by atoms with E-state index in [0.29, 0.717) is 15.7 Å². The minimum absolute atomic E-state index is 0.158. The van der Waals surface area contributed by atoms with Gasteiger partial charge in [0.2, 0.25) is 0 Å². The normalized spacial score (nSPS) is 12.0. The Balaban J connectivity index is 2.24. The Hall–Kier alpha value is -1.69. The first-order chi connectivity index (χ1) is 9.97. The third kappa shape index (κ3) is 4.14. The summed E-state index contributed by atoms with van der Waals surface area (Å²) in [5, 5.41) is 12.6. The van der Waals surface area contributed by atoms with Crippen molar-refractivity contribution in [1.29, 1.82) is 0 Å². The Labute approximate surface area is 131 Å². The van der Waals surface area contributed by atoms with Gasteiger partial charge in [-0.3, -0.25) is 4.79 Å². The van der Waals surface area contributed by atoms with Gasteiger partial charge in [-0.15, -0.1) is 0 Å². The van der Waals surface area contributed by atoms with Gasteiger partial charge in [-0.05, 0) is 25.1 Å². The quantitative estimate of drug-likeness (QED) is 0.905. The number of hydrogen-bond donors (Lipinski definition) is 2. The molecular weight excluding hydrogens is 313 g/mol. The van der Waals surface area contributed by atoms with E-state index in [-0.39, 0.29) is 18.1 Å². The molecule has 7 heteroatoms. The Morgan fingerprint density at radius 3 is 2.71 bits per heavy atom. The third-order valence-electron chi connectivity index (χ3n) is 2.67. The van der Waals surface area contributed by atoms with Gasteiger partial charge < -0.3 is 10.4 Å². The van der Waals surface area contributed by atoms with Crippen LogP contribution in [0.2, 0.25) is 10.0 Å². The lowest BCUT2D eigenvalue weighted by atomic mass is 10.1. The van der Waals surface area contributed by atoms with Crippen LogP contribution in [0, 0.1) is 0 Å². The van der Waals surface area contributed by atoms with Crippen LogP contribution in [0.1, 0.15) is 17.4 Å². The molecule has 0 aliphatic carbocycles. The van der Waals surface area contributed by atoms with Gasteiger partial charge in [-0.1, -0.05) is 29.3 Å². The van der Waals surface area contributed by atoms with Crippen molar-refractivity contribution >= 4 is 29.1 Å². The molecule has 0 saturated heterocycles. The highest BCUT2D eigenvalue weighted by Gasteiger charge is 2.11. The highest BCUT2D eigenvalue weighted by molar-refractivity contribution is 6.42. The van der Waals surface area contributed by atoms with Gasteiger partial charge in [-0.2, -0.15) is 0 Å². The van der Waals surface area contributed by atoms with Crippen LogP contribution in [0.25, 0.3) is 11.3 Å². The molecule has 0 aliphatic heterocycles. The summed E-state index contributed by atoms with van der Waals surface area (Å²) in [7, 11) is 0. The van der Waals surface area contributed by atoms with E-state index >= 15 is 0 Å². The van der Waals surface area contributed by atoms with Crippen LogP contribution < -0.4 is 5.32 Å². The van der Waals surface area contributed by atoms with E-state index in [4.69, 9.17) is 28.3 Å². The second-order valence-electron chi connectivity index (χ2n) is 4.48. The maximum atomic E-state index is 11.9. The molecule has 0 radical (unpaired) electrons. The molecule has 0 spiro atoms. The molecule has 0 saturated carbocycles. The summed E-state index contributed by atoms with van der Waals surface area (Å²) >= 11 is 11.8. The van der Waals surface area contributed by atoms with Gasteiger partial charge in [0.15, 0.2) is 0 Å². The van der Waals surface area contributed by atoms with E-state index in [0.717, 1.165) is 5.56 Å². The molecule has 0 unspecified atom stereocenters. The zero-order valence-corrected chi connectivity index (χ0v) is 12.7. The number of nitrogens with zero attached hydrogens (tertiary/aromatic N) is 2. The summed E-state index contributed by atoms with van der Waals surface area (Å²) < 4.78 is 0. The number of aliphatic hydroxyl groups excluding tert-OH is 1. The second kappa shape index (κ2) is 6.85. The minimum atomic E-state index is -0.620. The van der Waals surface area contributed by atoms with E-state index in [9.17, 15) is 4.79 Å². The van der Waals surface area contributed by atoms with Gasteiger partial charge in [-0.25, -0.2) is 9.97 Å². The topological polar surface area (TPSA) is 75.1 Å². The monoisotopic (exact) mass is 325 g/mol. The summed E-state index contributed by atoms with van der Waals surface area (Å²) in [6.45, 7) is 1.74. The molecule has 110 valence electrons. The third-order valence-corrected chi connectivity index (χ3v) is 3.41. The fourth-order valence-electron chi connectivity index (χ4n) is 1.63. The first-order valence-corrected chi connectivity index (χ1v) is 6.96. The van der Waals surface area contributed by atoms with E-state index < -0.39 is 6.10 Å². The first-order valence-electron chi connectivity index (χ1n) is 6.21. The van der Waals surface area contributed by atoms with Crippen LogP contribution >= 0.6 is 23.2 Å². The molecule has 2 rings (SSSR count). The number of carbonyl (C=O) groups excluding carboxylic acids is 1. The molecule has 21 heavy (non-hydrogen) atoms. The molecule has 5 nitrogen and oxygen atoms in total. The lowest BCUT2D eigenvalue weighted by molar-refractivity contribution is 0.0919. The number of rotatable bonds is 4. The molecule has 2 N–H and O–H groups in total. The highest BCUT2D eigenvalue weighted by Crippen LogP contribution is 2.27. The summed E-state index contributed by atoms with van der Waals surface area (Å²) in [5.74, 6) is -0.375. The van der Waals surface area contributed by atoms with Crippen LogP contribution in [0.5, 0.6) is 0 Å². The van der Waals surface area contributed by atoms with Crippen LogP contribution in [0.3, 0.4) is 0 Å². The first kappa shape index (κ1) is 15.7. The average Bonchev–Trinajstić information content (AvgIpc) is 2.47. The van der Waals surface area contributed by atoms with E-state index in [2.05, 4.69) is 15.3 Å². The van der Waals surface area contributed by atoms with Crippen LogP contribution in [0.15, 0.2) is 30.6 Å². The fraction of sp³-hybridized carbons (Fsp3) is 0.214. The SMILES string of the molecule is C[C@@H](O)CNC(=O)c1cc(-c2ccc(Cl)c(Cl)c2)ncn1. The van der Waals surface area contributed by atoms with Gasteiger partial charge in [0.1, 0.15) is 12.0 Å². The predicted molar refractivity (Wildman–Crippen MR) is 81.5 cm³/mol. The molecule has 1 atom stereocenters. The zero-order chi connectivity index (χ0) is 15.4. The lowest BCUT2D eigenvalue weighted by Crippen LogP contribution is -2.31. The number of aromatic nitrogens is 2. The highest BCUT2D eigenvalue weighted by atomic mass is 35.5.